The molecule has 180 valence electrons. The van der Waals surface area contributed by atoms with E-state index in [0.717, 1.165) is 16.8 Å². The molecule has 4 aromatic rings. The van der Waals surface area contributed by atoms with Gasteiger partial charge in [0.25, 0.3) is 5.56 Å². The van der Waals surface area contributed by atoms with Gasteiger partial charge in [-0.25, -0.2) is 4.98 Å². The minimum atomic E-state index is -0.198. The molecule has 3 heterocycles. The van der Waals surface area contributed by atoms with Crippen molar-refractivity contribution >= 4 is 34.4 Å². The van der Waals surface area contributed by atoms with Crippen molar-refractivity contribution in [3.05, 3.63) is 69.6 Å². The van der Waals surface area contributed by atoms with Crippen LogP contribution in [0.5, 0.6) is 11.5 Å². The predicted octanol–water partition coefficient (Wildman–Crippen LogP) is 3.74. The molecule has 9 nitrogen and oxygen atoms in total. The van der Waals surface area contributed by atoms with Crippen LogP contribution in [0.1, 0.15) is 23.7 Å². The minimum absolute atomic E-state index is 0.105. The molecule has 1 aliphatic heterocycles. The molecule has 2 aromatic carbocycles. The van der Waals surface area contributed by atoms with Crippen molar-refractivity contribution in [3.63, 3.8) is 0 Å². The number of nitrogens with one attached hydrogen (secondary N) is 1. The highest BCUT2D eigenvalue weighted by Gasteiger charge is 2.20. The first kappa shape index (κ1) is 23.0. The molecular weight excluding hydrogens is 466 g/mol. The smallest absolute Gasteiger partial charge is 0.280 e. The van der Waals surface area contributed by atoms with Gasteiger partial charge in [-0.2, -0.15) is 5.10 Å². The van der Waals surface area contributed by atoms with Crippen LogP contribution in [-0.4, -0.2) is 37.8 Å². The van der Waals surface area contributed by atoms with Gasteiger partial charge in [-0.1, -0.05) is 35.5 Å². The van der Waals surface area contributed by atoms with Gasteiger partial charge < -0.3 is 14.8 Å². The predicted molar refractivity (Wildman–Crippen MR) is 134 cm³/mol. The number of benzene rings is 2. The number of fused-ring (bicyclic) bond motifs is 2. The van der Waals surface area contributed by atoms with E-state index in [-0.39, 0.29) is 30.6 Å². The quantitative estimate of drug-likeness (QED) is 0.311. The Morgan fingerprint density at radius 1 is 1.11 bits per heavy atom. The van der Waals surface area contributed by atoms with E-state index in [1.165, 1.54) is 11.8 Å². The average Bonchev–Trinajstić information content (AvgIpc) is 3.45. The normalized spacial score (nSPS) is 12.3. The zero-order chi connectivity index (χ0) is 24.5. The first-order valence-electron chi connectivity index (χ1n) is 11.3. The third-order valence-corrected chi connectivity index (χ3v) is 6.70. The molecule has 0 saturated heterocycles. The van der Waals surface area contributed by atoms with Crippen molar-refractivity contribution in [1.29, 1.82) is 0 Å². The van der Waals surface area contributed by atoms with Crippen molar-refractivity contribution in [2.45, 2.75) is 39.0 Å². The lowest BCUT2D eigenvalue weighted by atomic mass is 10.2. The number of rotatable bonds is 7. The molecule has 2 aromatic heterocycles. The van der Waals surface area contributed by atoms with Gasteiger partial charge in [-0.05, 0) is 50.6 Å². The molecule has 0 radical (unpaired) electrons. The Kier molecular flexibility index (Phi) is 6.21. The highest BCUT2D eigenvalue weighted by molar-refractivity contribution is 7.99. The summed E-state index contributed by atoms with van der Waals surface area (Å²) < 4.78 is 14.2. The maximum absolute atomic E-state index is 13.6. The lowest BCUT2D eigenvalue weighted by molar-refractivity contribution is -0.113. The molecule has 5 rings (SSSR count). The van der Waals surface area contributed by atoms with Gasteiger partial charge >= 0.3 is 0 Å². The molecule has 0 aliphatic carbocycles. The number of aryl methyl sites for hydroxylation is 3. The molecule has 0 unspecified atom stereocenters. The summed E-state index contributed by atoms with van der Waals surface area (Å²) in [5, 5.41) is 7.83. The van der Waals surface area contributed by atoms with Crippen LogP contribution in [-0.2, 0) is 17.9 Å². The molecule has 0 bridgehead atoms. The summed E-state index contributed by atoms with van der Waals surface area (Å²) in [6.07, 6.45) is 0. The monoisotopic (exact) mass is 491 g/mol. The van der Waals surface area contributed by atoms with Crippen LogP contribution in [0.2, 0.25) is 0 Å². The highest BCUT2D eigenvalue weighted by Crippen LogP contribution is 2.33. The number of carbonyl (C=O) groups is 1. The van der Waals surface area contributed by atoms with Crippen LogP contribution in [0.15, 0.2) is 52.4 Å². The minimum Gasteiger partial charge on any atom is -0.454 e. The van der Waals surface area contributed by atoms with Crippen molar-refractivity contribution in [3.8, 4) is 11.5 Å². The average molecular weight is 492 g/mol. The van der Waals surface area contributed by atoms with E-state index in [2.05, 4.69) is 10.4 Å². The fraction of sp³-hybridized carbons (Fsp3) is 0.280. The van der Waals surface area contributed by atoms with Crippen LogP contribution < -0.4 is 20.3 Å². The lowest BCUT2D eigenvalue weighted by Gasteiger charge is -2.13. The number of thioether (sulfide) groups is 1. The fourth-order valence-electron chi connectivity index (χ4n) is 3.95. The first-order chi connectivity index (χ1) is 16.9. The summed E-state index contributed by atoms with van der Waals surface area (Å²) >= 11 is 1.22. The molecule has 0 saturated carbocycles. The van der Waals surface area contributed by atoms with E-state index >= 15 is 0 Å². The molecule has 1 aliphatic rings. The van der Waals surface area contributed by atoms with Crippen LogP contribution >= 0.6 is 11.8 Å². The van der Waals surface area contributed by atoms with Gasteiger partial charge in [0.15, 0.2) is 22.2 Å². The topological polar surface area (TPSA) is 100 Å². The van der Waals surface area contributed by atoms with Crippen molar-refractivity contribution in [2.75, 3.05) is 17.9 Å². The second-order valence-corrected chi connectivity index (χ2v) is 9.22. The SMILES string of the molecule is CCn1nc(C)c2nc(SCC(=O)Nc3ccc(C)cc3)n(Cc3ccc4c(c3)OCO4)c(=O)c21. The number of aromatic nitrogens is 4. The van der Waals surface area contributed by atoms with E-state index in [1.807, 2.05) is 63.2 Å². The van der Waals surface area contributed by atoms with Crippen LogP contribution in [0.4, 0.5) is 5.69 Å². The Morgan fingerprint density at radius 2 is 1.89 bits per heavy atom. The van der Waals surface area contributed by atoms with Gasteiger partial charge in [-0.15, -0.1) is 0 Å². The van der Waals surface area contributed by atoms with E-state index in [9.17, 15) is 9.59 Å². The maximum Gasteiger partial charge on any atom is 0.280 e. The van der Waals surface area contributed by atoms with Gasteiger partial charge in [0.1, 0.15) is 5.52 Å². The fourth-order valence-corrected chi connectivity index (χ4v) is 4.74. The summed E-state index contributed by atoms with van der Waals surface area (Å²) in [7, 11) is 0. The van der Waals surface area contributed by atoms with E-state index in [1.54, 1.807) is 9.25 Å². The van der Waals surface area contributed by atoms with E-state index in [0.29, 0.717) is 39.9 Å². The third-order valence-electron chi connectivity index (χ3n) is 5.73. The molecule has 35 heavy (non-hydrogen) atoms. The van der Waals surface area contributed by atoms with Gasteiger partial charge in [0, 0.05) is 12.2 Å². The molecule has 0 fully saturated rings. The first-order valence-corrected chi connectivity index (χ1v) is 12.3. The van der Waals surface area contributed by atoms with Crippen molar-refractivity contribution in [1.82, 2.24) is 19.3 Å². The third kappa shape index (κ3) is 4.61. The molecule has 0 spiro atoms. The zero-order valence-electron chi connectivity index (χ0n) is 19.7. The van der Waals surface area contributed by atoms with E-state index < -0.39 is 0 Å². The standard InChI is InChI=1S/C25H25N5O4S/c1-4-30-23-22(16(3)28-30)27-25(35-13-21(31)26-18-8-5-15(2)6-9-18)29(24(23)32)12-17-7-10-19-20(11-17)34-14-33-19/h5-11H,4,12-14H2,1-3H3,(H,26,31). The second kappa shape index (κ2) is 9.46. The Morgan fingerprint density at radius 3 is 2.66 bits per heavy atom. The highest BCUT2D eigenvalue weighted by atomic mass is 32.2. The molecule has 1 N–H and O–H groups in total. The number of carbonyl (C=O) groups excluding carboxylic acids is 1. The zero-order valence-corrected chi connectivity index (χ0v) is 20.5. The molecule has 1 amide bonds. The van der Waals surface area contributed by atoms with Gasteiger partial charge in [-0.3, -0.25) is 18.8 Å². The summed E-state index contributed by atoms with van der Waals surface area (Å²) in [5.41, 5.74) is 4.20. The Bertz CT molecular complexity index is 1480. The van der Waals surface area contributed by atoms with E-state index in [4.69, 9.17) is 14.5 Å². The number of anilines is 1. The summed E-state index contributed by atoms with van der Waals surface area (Å²) in [5.74, 6) is 1.25. The maximum atomic E-state index is 13.6. The molecular formula is C25H25N5O4S. The number of nitrogens with zero attached hydrogens (tertiary/aromatic N) is 4. The number of ether oxygens (including phenoxy) is 2. The Labute approximate surface area is 206 Å². The Hall–Kier alpha value is -3.79. The lowest BCUT2D eigenvalue weighted by Crippen LogP contribution is -2.26. The summed E-state index contributed by atoms with van der Waals surface area (Å²) in [6.45, 7) is 6.77. The van der Waals surface area contributed by atoms with Gasteiger partial charge in [0.05, 0.1) is 18.0 Å². The number of hydrogen-bond acceptors (Lipinski definition) is 7. The van der Waals surface area contributed by atoms with Crippen LogP contribution in [0.3, 0.4) is 0 Å². The van der Waals surface area contributed by atoms with Crippen molar-refractivity contribution in [2.24, 2.45) is 0 Å². The molecule has 10 heteroatoms. The largest absolute Gasteiger partial charge is 0.454 e. The summed E-state index contributed by atoms with van der Waals surface area (Å²) in [4.78, 5) is 31.1. The number of amides is 1. The summed E-state index contributed by atoms with van der Waals surface area (Å²) in [6, 6.07) is 13.2. The van der Waals surface area contributed by atoms with Crippen LogP contribution in [0, 0.1) is 13.8 Å². The van der Waals surface area contributed by atoms with Crippen LogP contribution in [0.25, 0.3) is 11.0 Å². The second-order valence-electron chi connectivity index (χ2n) is 8.27. The van der Waals surface area contributed by atoms with Gasteiger partial charge in [0.2, 0.25) is 12.7 Å². The number of hydrogen-bond donors (Lipinski definition) is 1. The Balaban J connectivity index is 1.47. The molecule has 0 atom stereocenters. The van der Waals surface area contributed by atoms with Crippen molar-refractivity contribution < 1.29 is 14.3 Å².